The number of rotatable bonds is 8. The minimum atomic E-state index is -0.580. The molecular weight excluding hydrogens is 292 g/mol. The van der Waals surface area contributed by atoms with E-state index >= 15 is 0 Å². The van der Waals surface area contributed by atoms with E-state index in [0.29, 0.717) is 17.9 Å². The van der Waals surface area contributed by atoms with Crippen LogP contribution < -0.4 is 15.8 Å². The number of ether oxygens (including phenoxy) is 1. The lowest BCUT2D eigenvalue weighted by molar-refractivity contribution is -0.119. The van der Waals surface area contributed by atoms with Gasteiger partial charge in [0.1, 0.15) is 5.75 Å². The zero-order valence-electron chi connectivity index (χ0n) is 12.8. The summed E-state index contributed by atoms with van der Waals surface area (Å²) in [5, 5.41) is 2.86. The number of carbonyl (C=O) groups is 2. The van der Waals surface area contributed by atoms with Crippen molar-refractivity contribution >= 4 is 11.8 Å². The molecule has 0 bridgehead atoms. The van der Waals surface area contributed by atoms with Gasteiger partial charge in [0.2, 0.25) is 0 Å². The Hall–Kier alpha value is -2.82. The predicted molar refractivity (Wildman–Crippen MR) is 88.2 cm³/mol. The monoisotopic (exact) mass is 312 g/mol. The molecule has 0 aliphatic carbocycles. The summed E-state index contributed by atoms with van der Waals surface area (Å²) in [5.74, 6) is -0.451. The number of aryl methyl sites for hydroxylation is 1. The summed E-state index contributed by atoms with van der Waals surface area (Å²) in [6, 6.07) is 16.9. The first-order valence-corrected chi connectivity index (χ1v) is 7.49. The molecule has 0 unspecified atom stereocenters. The zero-order valence-corrected chi connectivity index (χ0v) is 12.8. The molecule has 2 aromatic carbocycles. The van der Waals surface area contributed by atoms with Crippen molar-refractivity contribution in [1.29, 1.82) is 0 Å². The molecule has 0 fully saturated rings. The molecule has 2 rings (SSSR count). The number of nitrogens with one attached hydrogen (secondary N) is 1. The highest BCUT2D eigenvalue weighted by atomic mass is 16.5. The van der Waals surface area contributed by atoms with E-state index in [1.165, 1.54) is 5.56 Å². The van der Waals surface area contributed by atoms with Gasteiger partial charge in [0.15, 0.2) is 6.61 Å². The summed E-state index contributed by atoms with van der Waals surface area (Å²) in [6.45, 7) is 0.316. The van der Waals surface area contributed by atoms with Gasteiger partial charge in [-0.25, -0.2) is 0 Å². The standard InChI is InChI=1S/C18H20N2O3/c19-17(21)13-23-16-11-5-4-10-15(16)18(22)20-12-6-9-14-7-2-1-3-8-14/h1-5,7-8,10-11H,6,9,12-13H2,(H2,19,21)(H,20,22). The first-order valence-electron chi connectivity index (χ1n) is 7.49. The maximum Gasteiger partial charge on any atom is 0.255 e. The van der Waals surface area contributed by atoms with Gasteiger partial charge in [-0.15, -0.1) is 0 Å². The van der Waals surface area contributed by atoms with E-state index in [9.17, 15) is 9.59 Å². The molecule has 0 heterocycles. The Morgan fingerprint density at radius 1 is 1.00 bits per heavy atom. The molecule has 0 atom stereocenters. The number of hydrogen-bond acceptors (Lipinski definition) is 3. The van der Waals surface area contributed by atoms with Crippen LogP contribution in [0.1, 0.15) is 22.3 Å². The summed E-state index contributed by atoms with van der Waals surface area (Å²) in [4.78, 5) is 23.0. The van der Waals surface area contributed by atoms with E-state index in [1.54, 1.807) is 24.3 Å². The minimum absolute atomic E-state index is 0.224. The lowest BCUT2D eigenvalue weighted by Crippen LogP contribution is -2.26. The second-order valence-electron chi connectivity index (χ2n) is 5.10. The largest absolute Gasteiger partial charge is 0.483 e. The molecule has 0 aliphatic heterocycles. The fraction of sp³-hybridized carbons (Fsp3) is 0.222. The van der Waals surface area contributed by atoms with Crippen molar-refractivity contribution in [2.24, 2.45) is 5.73 Å². The van der Waals surface area contributed by atoms with Crippen molar-refractivity contribution in [2.45, 2.75) is 12.8 Å². The van der Waals surface area contributed by atoms with Crippen LogP contribution in [0.4, 0.5) is 0 Å². The number of hydrogen-bond donors (Lipinski definition) is 2. The zero-order chi connectivity index (χ0) is 16.5. The van der Waals surface area contributed by atoms with Crippen LogP contribution in [0.5, 0.6) is 5.75 Å². The Labute approximate surface area is 135 Å². The molecule has 0 spiro atoms. The van der Waals surface area contributed by atoms with E-state index in [1.807, 2.05) is 18.2 Å². The van der Waals surface area contributed by atoms with Crippen LogP contribution in [-0.2, 0) is 11.2 Å². The fourth-order valence-corrected chi connectivity index (χ4v) is 2.16. The minimum Gasteiger partial charge on any atom is -0.483 e. The number of carbonyl (C=O) groups excluding carboxylic acids is 2. The normalized spacial score (nSPS) is 10.1. The Morgan fingerprint density at radius 3 is 2.43 bits per heavy atom. The maximum absolute atomic E-state index is 12.2. The third-order valence-electron chi connectivity index (χ3n) is 3.27. The van der Waals surface area contributed by atoms with Crippen molar-refractivity contribution in [3.05, 3.63) is 65.7 Å². The highest BCUT2D eigenvalue weighted by Gasteiger charge is 2.12. The van der Waals surface area contributed by atoms with E-state index in [2.05, 4.69) is 17.4 Å². The van der Waals surface area contributed by atoms with Crippen molar-refractivity contribution in [3.8, 4) is 5.75 Å². The first-order chi connectivity index (χ1) is 11.2. The number of amides is 2. The third kappa shape index (κ3) is 5.47. The van der Waals surface area contributed by atoms with Gasteiger partial charge >= 0.3 is 0 Å². The highest BCUT2D eigenvalue weighted by Crippen LogP contribution is 2.17. The predicted octanol–water partition coefficient (Wildman–Crippen LogP) is 1.91. The molecular formula is C18H20N2O3. The molecule has 5 nitrogen and oxygen atoms in total. The average Bonchev–Trinajstić information content (AvgIpc) is 2.58. The highest BCUT2D eigenvalue weighted by molar-refractivity contribution is 5.97. The van der Waals surface area contributed by atoms with E-state index in [0.717, 1.165) is 12.8 Å². The van der Waals surface area contributed by atoms with Gasteiger partial charge in [-0.2, -0.15) is 0 Å². The summed E-state index contributed by atoms with van der Waals surface area (Å²) in [6.07, 6.45) is 1.75. The number of para-hydroxylation sites is 1. The van der Waals surface area contributed by atoms with Crippen molar-refractivity contribution in [1.82, 2.24) is 5.32 Å². The second-order valence-corrected chi connectivity index (χ2v) is 5.10. The van der Waals surface area contributed by atoms with Gasteiger partial charge in [0.25, 0.3) is 11.8 Å². The summed E-state index contributed by atoms with van der Waals surface area (Å²) < 4.78 is 5.26. The van der Waals surface area contributed by atoms with E-state index in [4.69, 9.17) is 10.5 Å². The molecule has 3 N–H and O–H groups in total. The lowest BCUT2D eigenvalue weighted by atomic mass is 10.1. The van der Waals surface area contributed by atoms with Gasteiger partial charge in [-0.1, -0.05) is 42.5 Å². The summed E-state index contributed by atoms with van der Waals surface area (Å²) in [5.41, 5.74) is 6.69. The van der Waals surface area contributed by atoms with Crippen molar-refractivity contribution < 1.29 is 14.3 Å². The van der Waals surface area contributed by atoms with Gasteiger partial charge < -0.3 is 15.8 Å². The van der Waals surface area contributed by atoms with Crippen LogP contribution in [0.2, 0.25) is 0 Å². The molecule has 23 heavy (non-hydrogen) atoms. The Kier molecular flexibility index (Phi) is 6.17. The Morgan fingerprint density at radius 2 is 1.70 bits per heavy atom. The van der Waals surface area contributed by atoms with Crippen LogP contribution in [0.15, 0.2) is 54.6 Å². The Balaban J connectivity index is 1.84. The smallest absolute Gasteiger partial charge is 0.255 e. The van der Waals surface area contributed by atoms with Crippen LogP contribution in [0, 0.1) is 0 Å². The first kappa shape index (κ1) is 16.5. The van der Waals surface area contributed by atoms with E-state index in [-0.39, 0.29) is 12.5 Å². The summed E-state index contributed by atoms with van der Waals surface area (Å²) >= 11 is 0. The van der Waals surface area contributed by atoms with Gasteiger partial charge in [-0.3, -0.25) is 9.59 Å². The molecule has 5 heteroatoms. The average molecular weight is 312 g/mol. The molecule has 0 aliphatic rings. The van der Waals surface area contributed by atoms with Crippen LogP contribution in [-0.4, -0.2) is 25.0 Å². The third-order valence-corrected chi connectivity index (χ3v) is 3.27. The van der Waals surface area contributed by atoms with Crippen molar-refractivity contribution in [2.75, 3.05) is 13.2 Å². The molecule has 0 radical (unpaired) electrons. The second kappa shape index (κ2) is 8.58. The van der Waals surface area contributed by atoms with Gasteiger partial charge in [0.05, 0.1) is 5.56 Å². The molecule has 0 saturated carbocycles. The number of benzene rings is 2. The number of nitrogens with two attached hydrogens (primary N) is 1. The lowest BCUT2D eigenvalue weighted by Gasteiger charge is -2.10. The molecule has 2 aromatic rings. The molecule has 0 aromatic heterocycles. The van der Waals surface area contributed by atoms with Crippen LogP contribution in [0.3, 0.4) is 0 Å². The van der Waals surface area contributed by atoms with Crippen LogP contribution >= 0.6 is 0 Å². The van der Waals surface area contributed by atoms with Gasteiger partial charge in [-0.05, 0) is 30.5 Å². The SMILES string of the molecule is NC(=O)COc1ccccc1C(=O)NCCCc1ccccc1. The topological polar surface area (TPSA) is 81.4 Å². The fourth-order valence-electron chi connectivity index (χ4n) is 2.16. The Bertz CT molecular complexity index is 656. The number of primary amides is 1. The van der Waals surface area contributed by atoms with Crippen molar-refractivity contribution in [3.63, 3.8) is 0 Å². The quantitative estimate of drug-likeness (QED) is 0.731. The van der Waals surface area contributed by atoms with Gasteiger partial charge in [0, 0.05) is 6.54 Å². The summed E-state index contributed by atoms with van der Waals surface area (Å²) in [7, 11) is 0. The molecule has 0 saturated heterocycles. The van der Waals surface area contributed by atoms with Crippen LogP contribution in [0.25, 0.3) is 0 Å². The maximum atomic E-state index is 12.2. The molecule has 2 amide bonds. The van der Waals surface area contributed by atoms with E-state index < -0.39 is 5.91 Å². The molecule has 120 valence electrons.